The predicted octanol–water partition coefficient (Wildman–Crippen LogP) is 3.29. The Bertz CT molecular complexity index is 1610. The van der Waals surface area contributed by atoms with Crippen LogP contribution in [0.5, 0.6) is 0 Å². The van der Waals surface area contributed by atoms with Crippen LogP contribution in [-0.2, 0) is 22.7 Å². The molecule has 0 bridgehead atoms. The summed E-state index contributed by atoms with van der Waals surface area (Å²) in [5, 5.41) is 7.79. The van der Waals surface area contributed by atoms with Crippen molar-refractivity contribution >= 4 is 21.2 Å². The first-order valence-corrected chi connectivity index (χ1v) is 12.7. The summed E-state index contributed by atoms with van der Waals surface area (Å²) in [4.78, 5) is 19.6. The molecule has 1 N–H and O–H groups in total. The Labute approximate surface area is 207 Å². The highest BCUT2D eigenvalue weighted by molar-refractivity contribution is 7.89. The molecule has 0 amide bonds. The molecule has 1 aliphatic heterocycles. The van der Waals surface area contributed by atoms with Crippen LogP contribution in [0, 0.1) is 5.82 Å². The molecule has 1 saturated heterocycles. The summed E-state index contributed by atoms with van der Waals surface area (Å²) >= 11 is 0. The number of nitrogens with one attached hydrogen (secondary N) is 1. The highest BCUT2D eigenvalue weighted by Gasteiger charge is 2.33. The van der Waals surface area contributed by atoms with E-state index in [9.17, 15) is 30.8 Å². The van der Waals surface area contributed by atoms with Crippen LogP contribution in [0.25, 0.3) is 11.2 Å². The Morgan fingerprint density at radius 3 is 2.35 bits per heavy atom. The molecule has 1 aliphatic rings. The van der Waals surface area contributed by atoms with Crippen LogP contribution in [0.1, 0.15) is 35.7 Å². The number of hydrogen-bond acceptors (Lipinski definition) is 6. The molecule has 4 aromatic rings. The van der Waals surface area contributed by atoms with Crippen LogP contribution in [-0.4, -0.2) is 50.8 Å². The highest BCUT2D eigenvalue weighted by Crippen LogP contribution is 2.32. The third kappa shape index (κ3) is 4.85. The summed E-state index contributed by atoms with van der Waals surface area (Å²) in [6.45, 7) is 0.188. The van der Waals surface area contributed by atoms with Crippen molar-refractivity contribution in [1.82, 2.24) is 29.3 Å². The molecule has 194 valence electrons. The van der Waals surface area contributed by atoms with Gasteiger partial charge in [-0.15, -0.1) is 5.10 Å². The van der Waals surface area contributed by atoms with Crippen LogP contribution in [0.2, 0.25) is 0 Å². The second kappa shape index (κ2) is 9.34. The van der Waals surface area contributed by atoms with Gasteiger partial charge in [0.15, 0.2) is 11.2 Å². The molecule has 37 heavy (non-hydrogen) atoms. The molecule has 0 aliphatic carbocycles. The largest absolute Gasteiger partial charge is 0.416 e. The summed E-state index contributed by atoms with van der Waals surface area (Å²) in [7, 11) is -4.00. The van der Waals surface area contributed by atoms with Gasteiger partial charge < -0.3 is 4.98 Å². The highest BCUT2D eigenvalue weighted by atomic mass is 32.2. The van der Waals surface area contributed by atoms with E-state index in [1.54, 1.807) is 18.2 Å². The SMILES string of the molecule is O=c1[nH]c(C2CCN(S(=O)(=O)c3ccc(C(F)(F)F)cc3)CC2)nc2c1nnn2Cc1ccccc1F. The van der Waals surface area contributed by atoms with Gasteiger partial charge in [0.2, 0.25) is 10.0 Å². The van der Waals surface area contributed by atoms with Gasteiger partial charge in [0, 0.05) is 24.6 Å². The summed E-state index contributed by atoms with van der Waals surface area (Å²) in [5.74, 6) is -0.382. The molecular formula is C23H20F4N6O3S. The normalized spacial score (nSPS) is 15.9. The Kier molecular flexibility index (Phi) is 6.31. The average Bonchev–Trinajstić information content (AvgIpc) is 3.28. The van der Waals surface area contributed by atoms with E-state index in [0.29, 0.717) is 24.2 Å². The maximum Gasteiger partial charge on any atom is 0.416 e. The van der Waals surface area contributed by atoms with Crippen molar-refractivity contribution in [2.45, 2.75) is 36.4 Å². The Balaban J connectivity index is 1.34. The lowest BCUT2D eigenvalue weighted by molar-refractivity contribution is -0.137. The van der Waals surface area contributed by atoms with Gasteiger partial charge in [-0.1, -0.05) is 23.4 Å². The Hall–Kier alpha value is -3.65. The molecule has 3 heterocycles. The van der Waals surface area contributed by atoms with Crippen molar-refractivity contribution < 1.29 is 26.0 Å². The first kappa shape index (κ1) is 25.0. The maximum absolute atomic E-state index is 14.1. The molecule has 2 aromatic carbocycles. The fourth-order valence-electron chi connectivity index (χ4n) is 4.31. The van der Waals surface area contributed by atoms with Gasteiger partial charge in [-0.3, -0.25) is 4.79 Å². The summed E-state index contributed by atoms with van der Waals surface area (Å²) < 4.78 is 81.0. The lowest BCUT2D eigenvalue weighted by Crippen LogP contribution is -2.38. The lowest BCUT2D eigenvalue weighted by atomic mass is 9.97. The van der Waals surface area contributed by atoms with E-state index < -0.39 is 33.1 Å². The number of halogens is 4. The van der Waals surface area contributed by atoms with Crippen molar-refractivity contribution in [2.75, 3.05) is 13.1 Å². The molecule has 1 fully saturated rings. The van der Waals surface area contributed by atoms with E-state index >= 15 is 0 Å². The number of nitrogens with zero attached hydrogens (tertiary/aromatic N) is 5. The smallest absolute Gasteiger partial charge is 0.308 e. The van der Waals surface area contributed by atoms with E-state index in [1.807, 2.05) is 0 Å². The third-order valence-electron chi connectivity index (χ3n) is 6.33. The monoisotopic (exact) mass is 536 g/mol. The number of benzene rings is 2. The molecular weight excluding hydrogens is 516 g/mol. The summed E-state index contributed by atoms with van der Waals surface area (Å²) in [6, 6.07) is 9.50. The van der Waals surface area contributed by atoms with E-state index in [1.165, 1.54) is 15.1 Å². The lowest BCUT2D eigenvalue weighted by Gasteiger charge is -2.30. The van der Waals surface area contributed by atoms with Crippen molar-refractivity contribution in [3.05, 3.63) is 81.7 Å². The Morgan fingerprint density at radius 2 is 1.70 bits per heavy atom. The van der Waals surface area contributed by atoms with Crippen molar-refractivity contribution in [3.8, 4) is 0 Å². The van der Waals surface area contributed by atoms with E-state index in [-0.39, 0.29) is 41.6 Å². The topological polar surface area (TPSA) is 114 Å². The minimum Gasteiger partial charge on any atom is -0.308 e. The van der Waals surface area contributed by atoms with Crippen LogP contribution >= 0.6 is 0 Å². The molecule has 0 saturated carbocycles. The standard InChI is InChI=1S/C23H20F4N6O3S/c24-18-4-2-1-3-15(18)13-33-21-19(30-31-33)22(34)29-20(28-21)14-9-11-32(12-10-14)37(35,36)17-7-5-16(6-8-17)23(25,26)27/h1-8,14H,9-13H2,(H,28,29,34). The zero-order chi connectivity index (χ0) is 26.4. The minimum absolute atomic E-state index is 0.00223. The maximum atomic E-state index is 14.1. The van der Waals surface area contributed by atoms with Crippen molar-refractivity contribution in [2.24, 2.45) is 0 Å². The molecule has 9 nitrogen and oxygen atoms in total. The average molecular weight is 537 g/mol. The summed E-state index contributed by atoms with van der Waals surface area (Å²) in [5.41, 5.74) is -0.914. The summed E-state index contributed by atoms with van der Waals surface area (Å²) in [6.07, 6.45) is -3.92. The molecule has 0 atom stereocenters. The number of hydrogen-bond donors (Lipinski definition) is 1. The molecule has 14 heteroatoms. The molecule has 0 radical (unpaired) electrons. The molecule has 5 rings (SSSR count). The zero-order valence-corrected chi connectivity index (χ0v) is 19.9. The number of aromatic nitrogens is 5. The third-order valence-corrected chi connectivity index (χ3v) is 8.24. The van der Waals surface area contributed by atoms with Gasteiger partial charge in [-0.05, 0) is 43.2 Å². The predicted molar refractivity (Wildman–Crippen MR) is 124 cm³/mol. The second-order valence-corrected chi connectivity index (χ2v) is 10.6. The molecule has 2 aromatic heterocycles. The quantitative estimate of drug-likeness (QED) is 0.392. The first-order valence-electron chi connectivity index (χ1n) is 11.3. The Morgan fingerprint density at radius 1 is 1.03 bits per heavy atom. The van der Waals surface area contributed by atoms with Crippen LogP contribution in [0.4, 0.5) is 17.6 Å². The number of fused-ring (bicyclic) bond motifs is 1. The van der Waals surface area contributed by atoms with Crippen LogP contribution in [0.3, 0.4) is 0 Å². The van der Waals surface area contributed by atoms with E-state index in [4.69, 9.17) is 0 Å². The van der Waals surface area contributed by atoms with Gasteiger partial charge >= 0.3 is 6.18 Å². The van der Waals surface area contributed by atoms with Gasteiger partial charge in [0.1, 0.15) is 11.6 Å². The van der Waals surface area contributed by atoms with Gasteiger partial charge in [0.25, 0.3) is 5.56 Å². The fourth-order valence-corrected chi connectivity index (χ4v) is 5.78. The number of H-pyrrole nitrogens is 1. The second-order valence-electron chi connectivity index (χ2n) is 8.66. The van der Waals surface area contributed by atoms with E-state index in [2.05, 4.69) is 20.3 Å². The number of sulfonamides is 1. The fraction of sp³-hybridized carbons (Fsp3) is 0.304. The van der Waals surface area contributed by atoms with Crippen molar-refractivity contribution in [3.63, 3.8) is 0 Å². The number of aromatic amines is 1. The minimum atomic E-state index is -4.56. The zero-order valence-electron chi connectivity index (χ0n) is 19.1. The molecule has 0 spiro atoms. The van der Waals surface area contributed by atoms with Gasteiger partial charge in [-0.25, -0.2) is 22.5 Å². The van der Waals surface area contributed by atoms with Crippen LogP contribution < -0.4 is 5.56 Å². The van der Waals surface area contributed by atoms with Gasteiger partial charge in [-0.2, -0.15) is 17.5 Å². The number of alkyl halides is 3. The van der Waals surface area contributed by atoms with E-state index in [0.717, 1.165) is 24.3 Å². The first-order chi connectivity index (χ1) is 17.5. The number of piperidine rings is 1. The number of rotatable bonds is 5. The molecule has 0 unspecified atom stereocenters. The van der Waals surface area contributed by atoms with Crippen molar-refractivity contribution in [1.29, 1.82) is 0 Å². The van der Waals surface area contributed by atoms with Crippen LogP contribution in [0.15, 0.2) is 58.2 Å². The van der Waals surface area contributed by atoms with Gasteiger partial charge in [0.05, 0.1) is 17.0 Å².